The summed E-state index contributed by atoms with van der Waals surface area (Å²) >= 11 is 0. The molecule has 5 heteroatoms. The number of anilines is 2. The molecule has 1 unspecified atom stereocenters. The molecule has 0 saturated carbocycles. The molecule has 0 spiro atoms. The van der Waals surface area contributed by atoms with Crippen molar-refractivity contribution in [2.24, 2.45) is 0 Å². The van der Waals surface area contributed by atoms with Crippen molar-refractivity contribution in [1.82, 2.24) is 0 Å². The second-order valence-electron chi connectivity index (χ2n) is 6.63. The summed E-state index contributed by atoms with van der Waals surface area (Å²) in [5.74, 6) is 0.546. The lowest BCUT2D eigenvalue weighted by Crippen LogP contribution is -2.53. The summed E-state index contributed by atoms with van der Waals surface area (Å²) in [5.41, 5.74) is 7.04. The molecule has 2 rings (SSSR count). The molecule has 22 heavy (non-hydrogen) atoms. The number of nitrogens with zero attached hydrogens (tertiary/aromatic N) is 1. The molecular weight excluding hydrogens is 280 g/mol. The molecule has 0 aliphatic carbocycles. The summed E-state index contributed by atoms with van der Waals surface area (Å²) in [4.78, 5) is 14.5. The van der Waals surface area contributed by atoms with Gasteiger partial charge in [-0.15, -0.1) is 0 Å². The molecule has 1 heterocycles. The van der Waals surface area contributed by atoms with E-state index >= 15 is 0 Å². The third kappa shape index (κ3) is 3.46. The highest BCUT2D eigenvalue weighted by Gasteiger charge is 2.38. The van der Waals surface area contributed by atoms with Gasteiger partial charge in [-0.1, -0.05) is 6.92 Å². The zero-order chi connectivity index (χ0) is 16.5. The Hall–Kier alpha value is -1.91. The highest BCUT2D eigenvalue weighted by atomic mass is 16.5. The van der Waals surface area contributed by atoms with Crippen molar-refractivity contribution >= 4 is 17.3 Å². The summed E-state index contributed by atoms with van der Waals surface area (Å²) in [6.45, 7) is 10.3. The monoisotopic (exact) mass is 306 g/mol. The molecule has 0 aromatic heterocycles. The van der Waals surface area contributed by atoms with Crippen LogP contribution in [0.25, 0.3) is 0 Å². The van der Waals surface area contributed by atoms with Gasteiger partial charge in [-0.2, -0.15) is 0 Å². The van der Waals surface area contributed by atoms with E-state index in [4.69, 9.17) is 15.2 Å². The maximum absolute atomic E-state index is 12.5. The van der Waals surface area contributed by atoms with Crippen LogP contribution in [0.2, 0.25) is 0 Å². The van der Waals surface area contributed by atoms with Crippen LogP contribution in [0.15, 0.2) is 18.2 Å². The first-order chi connectivity index (χ1) is 10.2. The fourth-order valence-electron chi connectivity index (χ4n) is 2.77. The smallest absolute Gasteiger partial charge is 0.329 e. The van der Waals surface area contributed by atoms with E-state index in [1.54, 1.807) is 0 Å². The van der Waals surface area contributed by atoms with Crippen molar-refractivity contribution in [2.45, 2.75) is 58.8 Å². The van der Waals surface area contributed by atoms with Gasteiger partial charge in [0, 0.05) is 5.69 Å². The Balaban J connectivity index is 2.39. The molecule has 0 fully saturated rings. The maximum atomic E-state index is 12.5. The minimum atomic E-state index is -0.380. The maximum Gasteiger partial charge on any atom is 0.329 e. The highest BCUT2D eigenvalue weighted by Crippen LogP contribution is 2.39. The fourth-order valence-corrected chi connectivity index (χ4v) is 2.77. The van der Waals surface area contributed by atoms with E-state index < -0.39 is 0 Å². The lowest BCUT2D eigenvalue weighted by Gasteiger charge is -2.43. The van der Waals surface area contributed by atoms with E-state index in [2.05, 4.69) is 4.90 Å². The van der Waals surface area contributed by atoms with Gasteiger partial charge >= 0.3 is 5.97 Å². The Bertz CT molecular complexity index is 555. The molecule has 1 aliphatic heterocycles. The number of esters is 1. The van der Waals surface area contributed by atoms with Gasteiger partial charge in [0.1, 0.15) is 17.4 Å². The zero-order valence-electron chi connectivity index (χ0n) is 14.1. The number of hydrogen-bond donors (Lipinski definition) is 1. The highest BCUT2D eigenvalue weighted by molar-refractivity contribution is 5.82. The molecule has 0 radical (unpaired) electrons. The first kappa shape index (κ1) is 16.5. The fraction of sp³-hybridized carbons (Fsp3) is 0.588. The van der Waals surface area contributed by atoms with Crippen LogP contribution in [0.5, 0.6) is 5.75 Å². The van der Waals surface area contributed by atoms with Crippen LogP contribution in [-0.4, -0.2) is 30.3 Å². The summed E-state index contributed by atoms with van der Waals surface area (Å²) in [6.07, 6.45) is 0.534. The second-order valence-corrected chi connectivity index (χ2v) is 6.63. The van der Waals surface area contributed by atoms with Crippen LogP contribution >= 0.6 is 0 Å². The van der Waals surface area contributed by atoms with E-state index in [1.165, 1.54) is 0 Å². The minimum Gasteiger partial charge on any atom is -0.484 e. The van der Waals surface area contributed by atoms with Crippen LogP contribution in [-0.2, 0) is 9.53 Å². The van der Waals surface area contributed by atoms with Crippen LogP contribution in [0.3, 0.4) is 0 Å². The molecule has 2 N–H and O–H groups in total. The van der Waals surface area contributed by atoms with Gasteiger partial charge < -0.3 is 20.1 Å². The molecule has 1 aromatic rings. The van der Waals surface area contributed by atoms with Crippen molar-refractivity contribution in [2.75, 3.05) is 17.2 Å². The van der Waals surface area contributed by atoms with Gasteiger partial charge in [-0.05, 0) is 52.3 Å². The minimum absolute atomic E-state index is 0.129. The number of nitrogens with two attached hydrogens (primary N) is 1. The van der Waals surface area contributed by atoms with Crippen molar-refractivity contribution in [3.05, 3.63) is 18.2 Å². The lowest BCUT2D eigenvalue weighted by molar-refractivity contribution is -0.149. The van der Waals surface area contributed by atoms with E-state index in [0.29, 0.717) is 18.7 Å². The Labute approximate surface area is 132 Å². The van der Waals surface area contributed by atoms with E-state index in [9.17, 15) is 4.79 Å². The molecule has 0 saturated heterocycles. The first-order valence-corrected chi connectivity index (χ1v) is 7.79. The molecular formula is C17H26N2O3. The van der Waals surface area contributed by atoms with E-state index in [0.717, 1.165) is 11.4 Å². The van der Waals surface area contributed by atoms with Crippen LogP contribution in [0.4, 0.5) is 11.4 Å². The Morgan fingerprint density at radius 2 is 2.14 bits per heavy atom. The number of benzene rings is 1. The number of rotatable bonds is 4. The number of carbonyl (C=O) groups excluding carboxylic acids is 1. The average Bonchev–Trinajstić information content (AvgIpc) is 2.38. The van der Waals surface area contributed by atoms with Crippen molar-refractivity contribution < 1.29 is 14.3 Å². The van der Waals surface area contributed by atoms with Crippen LogP contribution < -0.4 is 15.4 Å². The summed E-state index contributed by atoms with van der Waals surface area (Å²) in [7, 11) is 0. The average molecular weight is 306 g/mol. The third-order valence-corrected chi connectivity index (χ3v) is 3.62. The van der Waals surface area contributed by atoms with E-state index in [-0.39, 0.29) is 23.7 Å². The van der Waals surface area contributed by atoms with Crippen molar-refractivity contribution in [3.8, 4) is 5.75 Å². The summed E-state index contributed by atoms with van der Waals surface area (Å²) < 4.78 is 11.4. The number of nitrogen functional groups attached to an aromatic ring is 1. The van der Waals surface area contributed by atoms with E-state index in [1.807, 2.05) is 52.8 Å². The predicted molar refractivity (Wildman–Crippen MR) is 88.2 cm³/mol. The van der Waals surface area contributed by atoms with Crippen molar-refractivity contribution in [1.29, 1.82) is 0 Å². The molecule has 1 aliphatic rings. The molecule has 1 aromatic carbocycles. The summed E-state index contributed by atoms with van der Waals surface area (Å²) in [6, 6.07) is 5.19. The second kappa shape index (κ2) is 6.07. The number of fused-ring (bicyclic) bond motifs is 1. The normalized spacial score (nSPS) is 17.6. The summed E-state index contributed by atoms with van der Waals surface area (Å²) in [5, 5.41) is 0. The van der Waals surface area contributed by atoms with Crippen LogP contribution in [0.1, 0.15) is 41.0 Å². The standard InChI is InChI=1S/C17H26N2O3/c1-6-13(16(20)21-11(2)3)19-10-17(4,5)22-15-8-7-12(18)9-14(15)19/h7-9,11,13H,6,10,18H2,1-5H3. The quantitative estimate of drug-likeness (QED) is 0.684. The number of hydrogen-bond acceptors (Lipinski definition) is 5. The van der Waals surface area contributed by atoms with Crippen LogP contribution in [0, 0.1) is 0 Å². The van der Waals surface area contributed by atoms with Gasteiger partial charge in [0.2, 0.25) is 0 Å². The van der Waals surface area contributed by atoms with Gasteiger partial charge in [0.25, 0.3) is 0 Å². The Morgan fingerprint density at radius 3 is 2.73 bits per heavy atom. The molecule has 0 bridgehead atoms. The predicted octanol–water partition coefficient (Wildman–Crippen LogP) is 2.98. The Morgan fingerprint density at radius 1 is 1.45 bits per heavy atom. The first-order valence-electron chi connectivity index (χ1n) is 7.79. The van der Waals surface area contributed by atoms with Crippen molar-refractivity contribution in [3.63, 3.8) is 0 Å². The zero-order valence-corrected chi connectivity index (χ0v) is 14.1. The van der Waals surface area contributed by atoms with Gasteiger partial charge in [0.15, 0.2) is 0 Å². The topological polar surface area (TPSA) is 64.8 Å². The molecule has 5 nitrogen and oxygen atoms in total. The van der Waals surface area contributed by atoms with Gasteiger partial charge in [-0.25, -0.2) is 4.79 Å². The largest absolute Gasteiger partial charge is 0.484 e. The Kier molecular flexibility index (Phi) is 4.54. The molecule has 0 amide bonds. The molecule has 1 atom stereocenters. The lowest BCUT2D eigenvalue weighted by atomic mass is 10.0. The number of ether oxygens (including phenoxy) is 2. The number of carbonyl (C=O) groups is 1. The SMILES string of the molecule is CCC(C(=O)OC(C)C)N1CC(C)(C)Oc2ccc(N)cc21. The van der Waals surface area contributed by atoms with Gasteiger partial charge in [0.05, 0.1) is 18.3 Å². The van der Waals surface area contributed by atoms with Gasteiger partial charge in [-0.3, -0.25) is 0 Å². The molecule has 122 valence electrons. The third-order valence-electron chi connectivity index (χ3n) is 3.62.